The second kappa shape index (κ2) is 11.2. The number of carbonyl (C=O) groups is 1. The fraction of sp³-hybridized carbons (Fsp3) is 0.455. The maximum absolute atomic E-state index is 12.5. The molecule has 0 bridgehead atoms. The summed E-state index contributed by atoms with van der Waals surface area (Å²) in [6, 6.07) is 9.15. The van der Waals surface area contributed by atoms with Crippen molar-refractivity contribution in [3.05, 3.63) is 47.7 Å². The van der Waals surface area contributed by atoms with Crippen LogP contribution in [0.15, 0.2) is 36.5 Å². The lowest BCUT2D eigenvalue weighted by atomic mass is 10.1. The molecule has 1 aromatic heterocycles. The second-order valence-corrected chi connectivity index (χ2v) is 6.88. The smallest absolute Gasteiger partial charge is 0.251 e. The standard InChI is InChI=1S/C22H31N3O3/c1-5-6-7-8-13-28-19-11-10-18(14-20(19)27-4)22(26)24-16-17-9-12-21(23-15-17)25(2)3/h9-12,14-15H,5-8,13,16H2,1-4H3,(H,24,26). The summed E-state index contributed by atoms with van der Waals surface area (Å²) in [6.45, 7) is 3.25. The molecule has 0 aliphatic heterocycles. The summed E-state index contributed by atoms with van der Waals surface area (Å²) < 4.78 is 11.2. The Hall–Kier alpha value is -2.76. The number of amides is 1. The summed E-state index contributed by atoms with van der Waals surface area (Å²) in [5.74, 6) is 1.95. The molecule has 1 aromatic carbocycles. The minimum atomic E-state index is -0.163. The Balaban J connectivity index is 1.91. The number of hydrogen-bond donors (Lipinski definition) is 1. The molecule has 0 saturated carbocycles. The second-order valence-electron chi connectivity index (χ2n) is 6.88. The van der Waals surface area contributed by atoms with E-state index in [-0.39, 0.29) is 5.91 Å². The van der Waals surface area contributed by atoms with Crippen LogP contribution >= 0.6 is 0 Å². The van der Waals surface area contributed by atoms with Gasteiger partial charge in [0.1, 0.15) is 5.82 Å². The summed E-state index contributed by atoms with van der Waals surface area (Å²) in [5, 5.41) is 2.91. The number of aromatic nitrogens is 1. The van der Waals surface area contributed by atoms with Crippen molar-refractivity contribution in [2.24, 2.45) is 0 Å². The highest BCUT2D eigenvalue weighted by Crippen LogP contribution is 2.28. The van der Waals surface area contributed by atoms with Gasteiger partial charge in [0.2, 0.25) is 0 Å². The van der Waals surface area contributed by atoms with Gasteiger partial charge >= 0.3 is 0 Å². The molecule has 0 atom stereocenters. The number of methoxy groups -OCH3 is 1. The van der Waals surface area contributed by atoms with Gasteiger partial charge in [-0.05, 0) is 36.2 Å². The molecule has 0 spiro atoms. The highest BCUT2D eigenvalue weighted by Gasteiger charge is 2.11. The number of hydrogen-bond acceptors (Lipinski definition) is 5. The number of nitrogens with zero attached hydrogens (tertiary/aromatic N) is 2. The first-order valence-corrected chi connectivity index (χ1v) is 9.76. The molecule has 0 fully saturated rings. The molecular weight excluding hydrogens is 354 g/mol. The Bertz CT molecular complexity index is 745. The van der Waals surface area contributed by atoms with Crippen molar-refractivity contribution in [1.82, 2.24) is 10.3 Å². The first kappa shape index (κ1) is 21.5. The third-order valence-electron chi connectivity index (χ3n) is 4.40. The number of carbonyl (C=O) groups excluding carboxylic acids is 1. The van der Waals surface area contributed by atoms with Crippen molar-refractivity contribution in [2.45, 2.75) is 39.2 Å². The number of nitrogens with one attached hydrogen (secondary N) is 1. The van der Waals surface area contributed by atoms with Gasteiger partial charge in [0.15, 0.2) is 11.5 Å². The average molecular weight is 386 g/mol. The van der Waals surface area contributed by atoms with E-state index < -0.39 is 0 Å². The molecule has 2 rings (SSSR count). The topological polar surface area (TPSA) is 63.7 Å². The SMILES string of the molecule is CCCCCCOc1ccc(C(=O)NCc2ccc(N(C)C)nc2)cc1OC. The zero-order chi connectivity index (χ0) is 20.4. The summed E-state index contributed by atoms with van der Waals surface area (Å²) >= 11 is 0. The Labute approximate surface area is 167 Å². The average Bonchev–Trinajstić information content (AvgIpc) is 2.72. The fourth-order valence-corrected chi connectivity index (χ4v) is 2.71. The molecule has 1 N–H and O–H groups in total. The van der Waals surface area contributed by atoms with Crippen LogP contribution in [-0.2, 0) is 6.54 Å². The Morgan fingerprint density at radius 2 is 1.93 bits per heavy atom. The third-order valence-corrected chi connectivity index (χ3v) is 4.40. The van der Waals surface area contributed by atoms with Crippen molar-refractivity contribution in [3.63, 3.8) is 0 Å². The molecule has 28 heavy (non-hydrogen) atoms. The minimum Gasteiger partial charge on any atom is -0.493 e. The normalized spacial score (nSPS) is 10.4. The van der Waals surface area contributed by atoms with E-state index in [1.165, 1.54) is 12.8 Å². The van der Waals surface area contributed by atoms with Crippen molar-refractivity contribution < 1.29 is 14.3 Å². The zero-order valence-electron chi connectivity index (χ0n) is 17.3. The number of benzene rings is 1. The van der Waals surface area contributed by atoms with Crippen LogP contribution in [0.2, 0.25) is 0 Å². The van der Waals surface area contributed by atoms with Crippen LogP contribution in [0.3, 0.4) is 0 Å². The predicted molar refractivity (Wildman–Crippen MR) is 112 cm³/mol. The quantitative estimate of drug-likeness (QED) is 0.591. The molecule has 0 aliphatic rings. The highest BCUT2D eigenvalue weighted by molar-refractivity contribution is 5.94. The van der Waals surface area contributed by atoms with E-state index in [2.05, 4.69) is 17.2 Å². The molecule has 0 saturated heterocycles. The number of anilines is 1. The van der Waals surface area contributed by atoms with Crippen LogP contribution in [0, 0.1) is 0 Å². The molecule has 6 heteroatoms. The van der Waals surface area contributed by atoms with E-state index in [4.69, 9.17) is 9.47 Å². The number of rotatable bonds is 11. The van der Waals surface area contributed by atoms with Gasteiger partial charge in [-0.2, -0.15) is 0 Å². The van der Waals surface area contributed by atoms with Gasteiger partial charge < -0.3 is 19.7 Å². The fourth-order valence-electron chi connectivity index (χ4n) is 2.71. The predicted octanol–water partition coefficient (Wildman–Crippen LogP) is 4.05. The zero-order valence-corrected chi connectivity index (χ0v) is 17.3. The lowest BCUT2D eigenvalue weighted by Gasteiger charge is -2.13. The van der Waals surface area contributed by atoms with Gasteiger partial charge in [0.25, 0.3) is 5.91 Å². The van der Waals surface area contributed by atoms with E-state index >= 15 is 0 Å². The molecule has 1 heterocycles. The van der Waals surface area contributed by atoms with Crippen LogP contribution in [-0.4, -0.2) is 38.7 Å². The number of unbranched alkanes of at least 4 members (excludes halogenated alkanes) is 3. The van der Waals surface area contributed by atoms with E-state index in [1.54, 1.807) is 31.5 Å². The molecule has 6 nitrogen and oxygen atoms in total. The highest BCUT2D eigenvalue weighted by atomic mass is 16.5. The van der Waals surface area contributed by atoms with E-state index in [0.717, 1.165) is 24.2 Å². The first-order valence-electron chi connectivity index (χ1n) is 9.76. The summed E-state index contributed by atoms with van der Waals surface area (Å²) in [6.07, 6.45) is 6.35. The molecule has 2 aromatic rings. The van der Waals surface area contributed by atoms with Gasteiger partial charge in [-0.25, -0.2) is 4.98 Å². The van der Waals surface area contributed by atoms with Crippen LogP contribution in [0.25, 0.3) is 0 Å². The van der Waals surface area contributed by atoms with E-state index in [1.807, 2.05) is 31.1 Å². The lowest BCUT2D eigenvalue weighted by molar-refractivity contribution is 0.0950. The van der Waals surface area contributed by atoms with Crippen LogP contribution in [0.1, 0.15) is 48.5 Å². The number of ether oxygens (including phenoxy) is 2. The molecule has 0 aliphatic carbocycles. The molecule has 0 radical (unpaired) electrons. The summed E-state index contributed by atoms with van der Waals surface area (Å²) in [5.41, 5.74) is 1.48. The maximum atomic E-state index is 12.5. The Morgan fingerprint density at radius 1 is 1.11 bits per heavy atom. The summed E-state index contributed by atoms with van der Waals surface area (Å²) in [7, 11) is 5.46. The molecule has 152 valence electrons. The van der Waals surface area contributed by atoms with Crippen molar-refractivity contribution in [3.8, 4) is 11.5 Å². The number of pyridine rings is 1. The van der Waals surface area contributed by atoms with Crippen LogP contribution in [0.5, 0.6) is 11.5 Å². The summed E-state index contributed by atoms with van der Waals surface area (Å²) in [4.78, 5) is 18.8. The van der Waals surface area contributed by atoms with E-state index in [9.17, 15) is 4.79 Å². The van der Waals surface area contributed by atoms with Gasteiger partial charge in [0.05, 0.1) is 13.7 Å². The van der Waals surface area contributed by atoms with Gasteiger partial charge in [-0.15, -0.1) is 0 Å². The van der Waals surface area contributed by atoms with Crippen LogP contribution < -0.4 is 19.7 Å². The lowest BCUT2D eigenvalue weighted by Crippen LogP contribution is -2.23. The first-order chi connectivity index (χ1) is 13.5. The molecule has 1 amide bonds. The molecule has 0 unspecified atom stereocenters. The van der Waals surface area contributed by atoms with E-state index in [0.29, 0.717) is 30.2 Å². The van der Waals surface area contributed by atoms with Crippen molar-refractivity contribution in [1.29, 1.82) is 0 Å². The molecular formula is C22H31N3O3. The van der Waals surface area contributed by atoms with Crippen molar-refractivity contribution in [2.75, 3.05) is 32.7 Å². The third kappa shape index (κ3) is 6.44. The van der Waals surface area contributed by atoms with Gasteiger partial charge in [-0.1, -0.05) is 32.3 Å². The maximum Gasteiger partial charge on any atom is 0.251 e. The minimum absolute atomic E-state index is 0.163. The van der Waals surface area contributed by atoms with Gasteiger partial charge in [-0.3, -0.25) is 4.79 Å². The van der Waals surface area contributed by atoms with Crippen molar-refractivity contribution >= 4 is 11.7 Å². The van der Waals surface area contributed by atoms with Gasteiger partial charge in [0, 0.05) is 32.4 Å². The van der Waals surface area contributed by atoms with Crippen LogP contribution in [0.4, 0.5) is 5.82 Å². The Morgan fingerprint density at radius 3 is 2.57 bits per heavy atom. The largest absolute Gasteiger partial charge is 0.493 e. The monoisotopic (exact) mass is 385 g/mol. The Kier molecular flexibility index (Phi) is 8.59.